The summed E-state index contributed by atoms with van der Waals surface area (Å²) in [5.41, 5.74) is 1.43. The van der Waals surface area contributed by atoms with E-state index >= 15 is 0 Å². The van der Waals surface area contributed by atoms with Crippen LogP contribution < -0.4 is 0 Å². The van der Waals surface area contributed by atoms with Crippen LogP contribution in [0, 0.1) is 5.92 Å². The van der Waals surface area contributed by atoms with E-state index in [0.717, 1.165) is 12.8 Å². The van der Waals surface area contributed by atoms with Crippen molar-refractivity contribution in [1.29, 1.82) is 0 Å². The molecule has 0 bridgehead atoms. The van der Waals surface area contributed by atoms with Crippen LogP contribution in [0.5, 0.6) is 0 Å². The fourth-order valence-electron chi connectivity index (χ4n) is 2.91. The molecule has 0 saturated heterocycles. The fraction of sp³-hybridized carbons (Fsp3) is 0.625. The number of hydrogen-bond acceptors (Lipinski definition) is 1. The van der Waals surface area contributed by atoms with Gasteiger partial charge in [0.1, 0.15) is 0 Å². The molecule has 0 spiro atoms. The molecule has 1 heteroatoms. The van der Waals surface area contributed by atoms with Crippen molar-refractivity contribution in [2.24, 2.45) is 5.92 Å². The average molecular weight is 232 g/mol. The number of aliphatic hydroxyl groups excluding tert-OH is 1. The van der Waals surface area contributed by atoms with E-state index in [0.29, 0.717) is 5.92 Å². The zero-order valence-corrected chi connectivity index (χ0v) is 10.6. The van der Waals surface area contributed by atoms with Crippen LogP contribution in [0.25, 0.3) is 0 Å². The second-order valence-electron chi connectivity index (χ2n) is 5.34. The summed E-state index contributed by atoms with van der Waals surface area (Å²) in [6.45, 7) is 0. The molecule has 94 valence electrons. The van der Waals surface area contributed by atoms with Gasteiger partial charge in [0.25, 0.3) is 0 Å². The molecule has 1 aliphatic carbocycles. The van der Waals surface area contributed by atoms with Crippen molar-refractivity contribution >= 4 is 0 Å². The van der Waals surface area contributed by atoms with Gasteiger partial charge in [-0.2, -0.15) is 0 Å². The lowest BCUT2D eigenvalue weighted by Gasteiger charge is -2.20. The second kappa shape index (κ2) is 6.80. The third kappa shape index (κ3) is 4.16. The van der Waals surface area contributed by atoms with Crippen LogP contribution in [-0.2, 0) is 6.42 Å². The van der Waals surface area contributed by atoms with Gasteiger partial charge in [-0.15, -0.1) is 0 Å². The van der Waals surface area contributed by atoms with E-state index < -0.39 is 0 Å². The highest BCUT2D eigenvalue weighted by Gasteiger charge is 2.20. The zero-order chi connectivity index (χ0) is 11.9. The van der Waals surface area contributed by atoms with E-state index in [1.54, 1.807) is 0 Å². The van der Waals surface area contributed by atoms with Crippen molar-refractivity contribution < 1.29 is 5.11 Å². The molecule has 1 aromatic rings. The summed E-state index contributed by atoms with van der Waals surface area (Å²) in [6, 6.07) is 10.7. The third-order valence-electron chi connectivity index (χ3n) is 4.00. The Hall–Kier alpha value is -0.820. The van der Waals surface area contributed by atoms with Crippen LogP contribution in [-0.4, -0.2) is 11.2 Å². The number of hydrogen-bond donors (Lipinski definition) is 1. The van der Waals surface area contributed by atoms with Crippen LogP contribution >= 0.6 is 0 Å². The summed E-state index contributed by atoms with van der Waals surface area (Å²) in [5.74, 6) is 0.557. The van der Waals surface area contributed by atoms with Gasteiger partial charge in [0.15, 0.2) is 0 Å². The van der Waals surface area contributed by atoms with Crippen molar-refractivity contribution in [3.05, 3.63) is 35.9 Å². The van der Waals surface area contributed by atoms with Gasteiger partial charge < -0.3 is 5.11 Å². The minimum absolute atomic E-state index is 0.0340. The normalized spacial score (nSPS) is 25.5. The summed E-state index contributed by atoms with van der Waals surface area (Å²) < 4.78 is 0. The Labute approximate surface area is 105 Å². The van der Waals surface area contributed by atoms with E-state index in [2.05, 4.69) is 30.3 Å². The molecule has 0 aliphatic heterocycles. The highest BCUT2D eigenvalue weighted by atomic mass is 16.3. The molecule has 0 unspecified atom stereocenters. The Balaban J connectivity index is 1.73. The van der Waals surface area contributed by atoms with E-state index in [1.165, 1.54) is 44.1 Å². The van der Waals surface area contributed by atoms with E-state index in [1.807, 2.05) is 0 Å². The molecule has 1 N–H and O–H groups in total. The predicted molar refractivity (Wildman–Crippen MR) is 72.0 cm³/mol. The molecule has 0 heterocycles. The third-order valence-corrected chi connectivity index (χ3v) is 4.00. The van der Waals surface area contributed by atoms with Crippen molar-refractivity contribution in [3.8, 4) is 0 Å². The van der Waals surface area contributed by atoms with Gasteiger partial charge in [0, 0.05) is 0 Å². The Morgan fingerprint density at radius 3 is 2.59 bits per heavy atom. The summed E-state index contributed by atoms with van der Waals surface area (Å²) >= 11 is 0. The first-order chi connectivity index (χ1) is 8.36. The maximum Gasteiger partial charge on any atom is 0.0568 e. The Morgan fingerprint density at radius 1 is 1.00 bits per heavy atom. The molecule has 1 saturated carbocycles. The van der Waals surface area contributed by atoms with Crippen LogP contribution in [0.15, 0.2) is 30.3 Å². The lowest BCUT2D eigenvalue weighted by atomic mass is 9.91. The van der Waals surface area contributed by atoms with Crippen molar-refractivity contribution in [3.63, 3.8) is 0 Å². The first-order valence-electron chi connectivity index (χ1n) is 7.08. The number of aliphatic hydroxyl groups is 1. The van der Waals surface area contributed by atoms with Gasteiger partial charge in [-0.3, -0.25) is 0 Å². The lowest BCUT2D eigenvalue weighted by Crippen LogP contribution is -2.18. The quantitative estimate of drug-likeness (QED) is 0.779. The van der Waals surface area contributed by atoms with Gasteiger partial charge in [0.05, 0.1) is 6.10 Å². The van der Waals surface area contributed by atoms with Gasteiger partial charge >= 0.3 is 0 Å². The van der Waals surface area contributed by atoms with Gasteiger partial charge in [-0.25, -0.2) is 0 Å². The van der Waals surface area contributed by atoms with Crippen molar-refractivity contribution in [2.75, 3.05) is 0 Å². The lowest BCUT2D eigenvalue weighted by molar-refractivity contribution is 0.0947. The number of aryl methyl sites for hydroxylation is 1. The molecular weight excluding hydrogens is 208 g/mol. The average Bonchev–Trinajstić information content (AvgIpc) is 2.56. The van der Waals surface area contributed by atoms with Crippen LogP contribution in [0.2, 0.25) is 0 Å². The highest BCUT2D eigenvalue weighted by molar-refractivity contribution is 5.14. The number of rotatable bonds is 4. The SMILES string of the molecule is O[C@@H]1CCCCC[C@@H]1CCCc1ccccc1. The Morgan fingerprint density at radius 2 is 1.76 bits per heavy atom. The molecule has 1 nitrogen and oxygen atoms in total. The fourth-order valence-corrected chi connectivity index (χ4v) is 2.91. The first kappa shape index (κ1) is 12.6. The minimum Gasteiger partial charge on any atom is -0.393 e. The van der Waals surface area contributed by atoms with Crippen molar-refractivity contribution in [1.82, 2.24) is 0 Å². The molecule has 2 atom stereocenters. The molecule has 1 aliphatic rings. The summed E-state index contributed by atoms with van der Waals surface area (Å²) in [4.78, 5) is 0. The summed E-state index contributed by atoms with van der Waals surface area (Å²) in [7, 11) is 0. The number of benzene rings is 1. The zero-order valence-electron chi connectivity index (χ0n) is 10.6. The Bertz CT molecular complexity index is 307. The summed E-state index contributed by atoms with van der Waals surface area (Å²) in [5, 5.41) is 10.0. The van der Waals surface area contributed by atoms with E-state index in [-0.39, 0.29) is 6.10 Å². The van der Waals surface area contributed by atoms with E-state index in [4.69, 9.17) is 0 Å². The molecule has 0 amide bonds. The van der Waals surface area contributed by atoms with Crippen LogP contribution in [0.4, 0.5) is 0 Å². The largest absolute Gasteiger partial charge is 0.393 e. The standard InChI is InChI=1S/C16H24O/c17-16-13-6-2-5-11-15(16)12-7-10-14-8-3-1-4-9-14/h1,3-4,8-9,15-17H,2,5-7,10-13H2/t15-,16-/m1/s1. The van der Waals surface area contributed by atoms with Gasteiger partial charge in [0.2, 0.25) is 0 Å². The first-order valence-corrected chi connectivity index (χ1v) is 7.08. The summed E-state index contributed by atoms with van der Waals surface area (Å²) in [6.07, 6.45) is 9.63. The van der Waals surface area contributed by atoms with Gasteiger partial charge in [-0.1, -0.05) is 49.6 Å². The monoisotopic (exact) mass is 232 g/mol. The molecule has 2 rings (SSSR count). The topological polar surface area (TPSA) is 20.2 Å². The minimum atomic E-state index is -0.0340. The molecule has 17 heavy (non-hydrogen) atoms. The van der Waals surface area contributed by atoms with E-state index in [9.17, 15) is 5.11 Å². The molecular formula is C16H24O. The maximum atomic E-state index is 10.0. The van der Waals surface area contributed by atoms with Gasteiger partial charge in [-0.05, 0) is 43.6 Å². The highest BCUT2D eigenvalue weighted by Crippen LogP contribution is 2.27. The predicted octanol–water partition coefficient (Wildman–Crippen LogP) is 3.95. The molecule has 0 aromatic heterocycles. The second-order valence-corrected chi connectivity index (χ2v) is 5.34. The molecule has 0 radical (unpaired) electrons. The smallest absolute Gasteiger partial charge is 0.0568 e. The maximum absolute atomic E-state index is 10.0. The molecule has 1 fully saturated rings. The van der Waals surface area contributed by atoms with Crippen molar-refractivity contribution in [2.45, 2.75) is 57.5 Å². The van der Waals surface area contributed by atoms with Crippen LogP contribution in [0.3, 0.4) is 0 Å². The van der Waals surface area contributed by atoms with Crippen LogP contribution in [0.1, 0.15) is 50.5 Å². The Kier molecular flexibility index (Phi) is 5.06. The molecule has 1 aromatic carbocycles.